The average molecular weight is 471 g/mol. The largest absolute Gasteiger partial charge is 0.450 e. The molecule has 0 bridgehead atoms. The van der Waals surface area contributed by atoms with Gasteiger partial charge in [0.15, 0.2) is 0 Å². The Morgan fingerprint density at radius 2 is 1.86 bits per heavy atom. The van der Waals surface area contributed by atoms with Crippen molar-refractivity contribution in [3.8, 4) is 0 Å². The normalized spacial score (nSPS) is 16.7. The number of benzene rings is 1. The molecule has 178 valence electrons. The molecule has 0 N–H and O–H groups in total. The molecule has 0 saturated carbocycles. The minimum absolute atomic E-state index is 0.125. The van der Waals surface area contributed by atoms with E-state index in [9.17, 15) is 14.4 Å². The minimum atomic E-state index is -0.669. The summed E-state index contributed by atoms with van der Waals surface area (Å²) in [6, 6.07) is 14.6. The highest BCUT2D eigenvalue weighted by molar-refractivity contribution is 5.98. The second kappa shape index (κ2) is 8.08. The maximum atomic E-state index is 13.7. The molecule has 4 aromatic rings. The number of ether oxygens (including phenoxy) is 1. The molecule has 1 amide bonds. The first-order valence-electron chi connectivity index (χ1n) is 12.2. The van der Waals surface area contributed by atoms with Crippen LogP contribution in [0.2, 0.25) is 0 Å². The summed E-state index contributed by atoms with van der Waals surface area (Å²) < 4.78 is 9.25. The molecule has 35 heavy (non-hydrogen) atoms. The SMILES string of the molecule is CCCCn1c(C(=O)N2CCC3(CC2)OC(=O)c2ccccc23)cc2c(=O)n3ccccc3nc21. The van der Waals surface area contributed by atoms with Crippen LogP contribution in [0.4, 0.5) is 0 Å². The summed E-state index contributed by atoms with van der Waals surface area (Å²) in [5.74, 6) is -0.418. The zero-order valence-electron chi connectivity index (χ0n) is 19.6. The van der Waals surface area contributed by atoms with Crippen LogP contribution in [0.5, 0.6) is 0 Å². The topological polar surface area (TPSA) is 85.9 Å². The summed E-state index contributed by atoms with van der Waals surface area (Å²) in [7, 11) is 0. The van der Waals surface area contributed by atoms with Crippen LogP contribution in [0.3, 0.4) is 0 Å². The third kappa shape index (κ3) is 3.27. The quantitative estimate of drug-likeness (QED) is 0.424. The van der Waals surface area contributed by atoms with Gasteiger partial charge < -0.3 is 14.2 Å². The predicted octanol–water partition coefficient (Wildman–Crippen LogP) is 3.75. The standard InChI is InChI=1S/C27H26N4O4/c1-2-3-13-30-21(17-19-23(30)28-22-10-6-7-14-31(22)24(19)32)25(33)29-15-11-27(12-16-29)20-9-5-4-8-18(20)26(34)35-27/h4-10,14,17H,2-3,11-13,15-16H2,1H3. The van der Waals surface area contributed by atoms with Gasteiger partial charge in [-0.1, -0.05) is 37.6 Å². The first kappa shape index (κ1) is 21.6. The molecule has 8 nitrogen and oxygen atoms in total. The molecule has 1 saturated heterocycles. The third-order valence-electron chi connectivity index (χ3n) is 7.32. The number of aryl methyl sites for hydroxylation is 1. The van der Waals surface area contributed by atoms with Gasteiger partial charge in [-0.3, -0.25) is 14.0 Å². The van der Waals surface area contributed by atoms with E-state index in [1.807, 2.05) is 28.8 Å². The molecule has 0 unspecified atom stereocenters. The van der Waals surface area contributed by atoms with Crippen LogP contribution in [0.1, 0.15) is 59.0 Å². The molecule has 8 heteroatoms. The summed E-state index contributed by atoms with van der Waals surface area (Å²) in [6.07, 6.45) is 4.61. The highest BCUT2D eigenvalue weighted by Crippen LogP contribution is 2.44. The molecule has 1 spiro atoms. The Labute approximate surface area is 201 Å². The Morgan fingerprint density at radius 1 is 1.09 bits per heavy atom. The van der Waals surface area contributed by atoms with Gasteiger partial charge >= 0.3 is 5.97 Å². The van der Waals surface area contributed by atoms with Crippen molar-refractivity contribution in [3.63, 3.8) is 0 Å². The van der Waals surface area contributed by atoms with Crippen molar-refractivity contribution in [2.45, 2.75) is 44.8 Å². The molecular formula is C27H26N4O4. The number of nitrogens with zero attached hydrogens (tertiary/aromatic N) is 4. The van der Waals surface area contributed by atoms with E-state index in [4.69, 9.17) is 9.72 Å². The van der Waals surface area contributed by atoms with Crippen molar-refractivity contribution in [1.82, 2.24) is 18.9 Å². The smallest absolute Gasteiger partial charge is 0.339 e. The molecule has 2 aliphatic heterocycles. The molecule has 1 aromatic carbocycles. The molecule has 5 heterocycles. The number of aromatic nitrogens is 3. The van der Waals surface area contributed by atoms with E-state index < -0.39 is 5.60 Å². The van der Waals surface area contributed by atoms with E-state index in [1.165, 1.54) is 4.40 Å². The second-order valence-electron chi connectivity index (χ2n) is 9.34. The minimum Gasteiger partial charge on any atom is -0.450 e. The van der Waals surface area contributed by atoms with Crippen molar-refractivity contribution in [3.05, 3.63) is 81.9 Å². The lowest BCUT2D eigenvalue weighted by molar-refractivity contribution is -0.0390. The summed E-state index contributed by atoms with van der Waals surface area (Å²) in [4.78, 5) is 45.8. The van der Waals surface area contributed by atoms with Crippen molar-refractivity contribution >= 4 is 28.6 Å². The van der Waals surface area contributed by atoms with Crippen LogP contribution in [-0.2, 0) is 16.9 Å². The number of esters is 1. The highest BCUT2D eigenvalue weighted by Gasteiger charge is 2.47. The Bertz CT molecular complexity index is 1540. The number of hydrogen-bond acceptors (Lipinski definition) is 5. The number of rotatable bonds is 4. The summed E-state index contributed by atoms with van der Waals surface area (Å²) in [5.41, 5.74) is 2.27. The zero-order valence-corrected chi connectivity index (χ0v) is 19.6. The summed E-state index contributed by atoms with van der Waals surface area (Å²) in [6.45, 7) is 3.63. The van der Waals surface area contributed by atoms with Crippen LogP contribution in [0.15, 0.2) is 59.5 Å². The van der Waals surface area contributed by atoms with Crippen LogP contribution < -0.4 is 5.56 Å². The van der Waals surface area contributed by atoms with Gasteiger partial charge in [0.1, 0.15) is 22.6 Å². The third-order valence-corrected chi connectivity index (χ3v) is 7.32. The summed E-state index contributed by atoms with van der Waals surface area (Å²) >= 11 is 0. The number of fused-ring (bicyclic) bond motifs is 4. The molecule has 1 fully saturated rings. The molecular weight excluding hydrogens is 444 g/mol. The molecule has 6 rings (SSSR count). The number of hydrogen-bond donors (Lipinski definition) is 0. The van der Waals surface area contributed by atoms with E-state index in [2.05, 4.69) is 6.92 Å². The lowest BCUT2D eigenvalue weighted by Gasteiger charge is -2.38. The number of unbranched alkanes of at least 4 members (excludes halogenated alkanes) is 1. The first-order valence-corrected chi connectivity index (χ1v) is 12.2. The monoisotopic (exact) mass is 470 g/mol. The van der Waals surface area contributed by atoms with Crippen molar-refractivity contribution in [1.29, 1.82) is 0 Å². The van der Waals surface area contributed by atoms with Gasteiger partial charge in [-0.2, -0.15) is 0 Å². The fourth-order valence-corrected chi connectivity index (χ4v) is 5.42. The van der Waals surface area contributed by atoms with Gasteiger partial charge in [0.05, 0.1) is 10.9 Å². The number of likely N-dealkylation sites (tertiary alicyclic amines) is 1. The summed E-state index contributed by atoms with van der Waals surface area (Å²) in [5, 5.41) is 0.445. The lowest BCUT2D eigenvalue weighted by Crippen LogP contribution is -2.45. The fraction of sp³-hybridized carbons (Fsp3) is 0.333. The van der Waals surface area contributed by atoms with Crippen LogP contribution in [0, 0.1) is 0 Å². The fourth-order valence-electron chi connectivity index (χ4n) is 5.42. The van der Waals surface area contributed by atoms with E-state index in [0.717, 1.165) is 18.4 Å². The Morgan fingerprint density at radius 3 is 2.66 bits per heavy atom. The molecule has 2 aliphatic rings. The highest BCUT2D eigenvalue weighted by atomic mass is 16.6. The van der Waals surface area contributed by atoms with E-state index >= 15 is 0 Å². The molecule has 0 atom stereocenters. The molecule has 3 aromatic heterocycles. The van der Waals surface area contributed by atoms with Gasteiger partial charge in [-0.15, -0.1) is 0 Å². The number of piperidine rings is 1. The van der Waals surface area contributed by atoms with E-state index in [-0.39, 0.29) is 17.4 Å². The number of pyridine rings is 1. The van der Waals surface area contributed by atoms with Crippen molar-refractivity contribution in [2.75, 3.05) is 13.1 Å². The van der Waals surface area contributed by atoms with Gasteiger partial charge in [0, 0.05) is 44.2 Å². The molecule has 0 radical (unpaired) electrons. The average Bonchev–Trinajstić information content (AvgIpc) is 3.38. The Balaban J connectivity index is 1.35. The lowest BCUT2D eigenvalue weighted by atomic mass is 9.83. The van der Waals surface area contributed by atoms with Gasteiger partial charge in [0.25, 0.3) is 11.5 Å². The second-order valence-corrected chi connectivity index (χ2v) is 9.34. The van der Waals surface area contributed by atoms with E-state index in [0.29, 0.717) is 60.4 Å². The van der Waals surface area contributed by atoms with Crippen LogP contribution >= 0.6 is 0 Å². The predicted molar refractivity (Wildman–Crippen MR) is 131 cm³/mol. The van der Waals surface area contributed by atoms with Crippen LogP contribution in [0.25, 0.3) is 16.7 Å². The first-order chi connectivity index (χ1) is 17.0. The Kier molecular flexibility index (Phi) is 4.98. The van der Waals surface area contributed by atoms with Crippen LogP contribution in [-0.4, -0.2) is 43.8 Å². The number of carbonyl (C=O) groups excluding carboxylic acids is 2. The van der Waals surface area contributed by atoms with Gasteiger partial charge in [-0.05, 0) is 30.7 Å². The number of amides is 1. The Hall–Kier alpha value is -3.94. The van der Waals surface area contributed by atoms with Crippen molar-refractivity contribution < 1.29 is 14.3 Å². The zero-order chi connectivity index (χ0) is 24.2. The molecule has 0 aliphatic carbocycles. The van der Waals surface area contributed by atoms with Crippen molar-refractivity contribution in [2.24, 2.45) is 0 Å². The van der Waals surface area contributed by atoms with E-state index in [1.54, 1.807) is 35.4 Å². The number of carbonyl (C=O) groups is 2. The maximum Gasteiger partial charge on any atom is 0.339 e. The van der Waals surface area contributed by atoms with Gasteiger partial charge in [0.2, 0.25) is 0 Å². The maximum absolute atomic E-state index is 13.7. The van der Waals surface area contributed by atoms with Gasteiger partial charge in [-0.25, -0.2) is 9.78 Å².